The van der Waals surface area contributed by atoms with E-state index in [1.807, 2.05) is 84.9 Å². The van der Waals surface area contributed by atoms with Crippen LogP contribution in [-0.4, -0.2) is 71.9 Å². The molecule has 0 amide bonds. The SMILES string of the molecule is CC(C)(C)c1cnc2cc[nH]c2c1.CC(C)(C)c1ncc2cc[nH]c2n1.CC(C)(C)c1ncc2ccsc2n1.CN1Cc2cc(C(C)(C)C)cnc2C1.C[n+]1cc2ccc(C(C)(C)C)nc2[nH]1.Cc1cc2cnc(C(C)(C)C)nc2s1. The van der Waals surface area contributed by atoms with Gasteiger partial charge in [-0.15, -0.1) is 32.5 Å². The average Bonchev–Trinajstić information content (AvgIpc) is 4.31. The zero-order chi connectivity index (χ0) is 59.5. The molecule has 0 unspecified atom stereocenters. The van der Waals surface area contributed by atoms with E-state index in [1.165, 1.54) is 27.3 Å². The number of nitrogens with zero attached hydrogens (tertiary/aromatic N) is 11. The van der Waals surface area contributed by atoms with E-state index in [0.717, 1.165) is 89.8 Å². The van der Waals surface area contributed by atoms with Crippen molar-refractivity contribution in [2.75, 3.05) is 7.05 Å². The lowest BCUT2D eigenvalue weighted by Gasteiger charge is -2.19. The van der Waals surface area contributed by atoms with Gasteiger partial charge in [0.15, 0.2) is 12.7 Å². The fourth-order valence-corrected chi connectivity index (χ4v) is 9.89. The van der Waals surface area contributed by atoms with Crippen LogP contribution in [0, 0.1) is 6.92 Å². The zero-order valence-corrected chi connectivity index (χ0v) is 53.6. The molecule has 81 heavy (non-hydrogen) atoms. The molecule has 0 atom stereocenters. The van der Waals surface area contributed by atoms with Crippen LogP contribution in [0.3, 0.4) is 0 Å². The second kappa shape index (κ2) is 24.3. The molecule has 0 radical (unpaired) electrons. The van der Waals surface area contributed by atoms with Gasteiger partial charge >= 0.3 is 0 Å². The van der Waals surface area contributed by atoms with Crippen molar-refractivity contribution in [1.82, 2.24) is 64.8 Å². The predicted molar refractivity (Wildman–Crippen MR) is 338 cm³/mol. The van der Waals surface area contributed by atoms with Gasteiger partial charge in [-0.1, -0.05) is 131 Å². The lowest BCUT2D eigenvalue weighted by atomic mass is 9.87. The molecule has 11 aromatic rings. The molecule has 0 aliphatic carbocycles. The van der Waals surface area contributed by atoms with E-state index < -0.39 is 0 Å². The number of aryl methyl sites for hydroxylation is 2. The maximum atomic E-state index is 4.59. The first-order valence-electron chi connectivity index (χ1n) is 27.8. The Morgan fingerprint density at radius 2 is 1.09 bits per heavy atom. The summed E-state index contributed by atoms with van der Waals surface area (Å²) in [6.45, 7) is 43.0. The van der Waals surface area contributed by atoms with Crippen LogP contribution < -0.4 is 4.68 Å². The van der Waals surface area contributed by atoms with Crippen molar-refractivity contribution < 1.29 is 4.68 Å². The summed E-state index contributed by atoms with van der Waals surface area (Å²) in [4.78, 5) is 52.1. The van der Waals surface area contributed by atoms with E-state index >= 15 is 0 Å². The molecule has 3 N–H and O–H groups in total. The van der Waals surface area contributed by atoms with Crippen molar-refractivity contribution in [3.05, 3.63) is 154 Å². The molecule has 0 bridgehead atoms. The van der Waals surface area contributed by atoms with Crippen LogP contribution in [0.5, 0.6) is 0 Å². The summed E-state index contributed by atoms with van der Waals surface area (Å²) < 4.78 is 1.92. The Hall–Kier alpha value is -6.88. The first-order chi connectivity index (χ1) is 37.6. The number of thiophene rings is 2. The molecule has 428 valence electrons. The van der Waals surface area contributed by atoms with E-state index in [9.17, 15) is 0 Å². The largest absolute Gasteiger partial charge is 0.360 e. The van der Waals surface area contributed by atoms with E-state index in [0.29, 0.717) is 0 Å². The minimum absolute atomic E-state index is 0.0132. The number of hydrogen-bond acceptors (Lipinski definition) is 12. The van der Waals surface area contributed by atoms with Crippen LogP contribution in [0.25, 0.3) is 53.5 Å². The summed E-state index contributed by atoms with van der Waals surface area (Å²) >= 11 is 3.40. The van der Waals surface area contributed by atoms with Gasteiger partial charge in [0.2, 0.25) is 6.20 Å². The van der Waals surface area contributed by atoms with Gasteiger partial charge in [0.05, 0.1) is 22.1 Å². The lowest BCUT2D eigenvalue weighted by molar-refractivity contribution is -0.724. The van der Waals surface area contributed by atoms with Crippen molar-refractivity contribution in [2.45, 2.75) is 177 Å². The topological polar surface area (TPSA) is 170 Å². The van der Waals surface area contributed by atoms with Crippen molar-refractivity contribution in [2.24, 2.45) is 7.05 Å². The first kappa shape index (κ1) is 61.7. The second-order valence-corrected chi connectivity index (χ2v) is 29.4. The Labute approximate surface area is 488 Å². The van der Waals surface area contributed by atoms with Crippen LogP contribution >= 0.6 is 22.7 Å². The number of hydrogen-bond donors (Lipinski definition) is 3. The molecule has 1 aliphatic rings. The maximum absolute atomic E-state index is 4.59. The quantitative estimate of drug-likeness (QED) is 0.124. The average molecular weight is 1130 g/mol. The molecule has 14 nitrogen and oxygen atoms in total. The smallest absolute Gasteiger partial charge is 0.204 e. The van der Waals surface area contributed by atoms with E-state index in [1.54, 1.807) is 22.7 Å². The highest BCUT2D eigenvalue weighted by molar-refractivity contribution is 7.18. The van der Waals surface area contributed by atoms with E-state index in [-0.39, 0.29) is 32.5 Å². The Balaban J connectivity index is 0.000000140. The van der Waals surface area contributed by atoms with Gasteiger partial charge in [-0.3, -0.25) is 14.9 Å². The van der Waals surface area contributed by atoms with Crippen LogP contribution in [0.15, 0.2) is 103 Å². The number of pyridine rings is 3. The third-order valence-corrected chi connectivity index (χ3v) is 15.1. The van der Waals surface area contributed by atoms with Gasteiger partial charge < -0.3 is 9.97 Å². The fourth-order valence-electron chi connectivity index (χ4n) is 8.30. The standard InChI is InChI=1S/C12H18N2.C11H15N3.C11H14N2S.C11H14N2.C10H13N3.C10H12N2S/c1-12(2,3)10-5-9-7-14(4)8-11(9)13-6-10;1-11(2,3)9-6-5-8-7-14(4)13-10(8)12-9;1-7-5-8-6-12-10(11(2,3)4)13-9(8)14-7;1-11(2,3)8-6-10-9(13-7-8)4-5-12-10;1-10(2,3)9-12-6-7-4-5-11-8(7)13-9;1-10(2,3)9-11-6-7-4-5-13-8(7)12-9/h5-6H,7-8H2,1-4H3;5-7H,1-4H3;5-6H,1-4H3;4-7,12H,1-3H3;4-6H,1-3H3,(H,11,12,13);4-6H,1-3H3/p+1. The third-order valence-electron chi connectivity index (χ3n) is 13.3. The summed E-state index contributed by atoms with van der Waals surface area (Å²) in [5, 5.41) is 9.73. The Morgan fingerprint density at radius 3 is 1.72 bits per heavy atom. The van der Waals surface area contributed by atoms with Gasteiger partial charge in [-0.25, -0.2) is 34.9 Å². The van der Waals surface area contributed by atoms with Crippen LogP contribution in [-0.2, 0) is 52.6 Å². The maximum Gasteiger partial charge on any atom is 0.204 e. The highest BCUT2D eigenvalue weighted by Crippen LogP contribution is 2.30. The molecule has 0 saturated carbocycles. The number of fused-ring (bicyclic) bond motifs is 6. The predicted octanol–water partition coefficient (Wildman–Crippen LogP) is 15.4. The molecule has 0 spiro atoms. The van der Waals surface area contributed by atoms with Gasteiger partial charge in [0.25, 0.3) is 0 Å². The van der Waals surface area contributed by atoms with Gasteiger partial charge in [-0.2, -0.15) is 0 Å². The number of rotatable bonds is 0. The Morgan fingerprint density at radius 1 is 0.506 bits per heavy atom. The fraction of sp³-hybridized carbons (Fsp3) is 0.446. The molecule has 11 aromatic heterocycles. The van der Waals surface area contributed by atoms with Crippen molar-refractivity contribution >= 4 is 76.2 Å². The zero-order valence-electron chi connectivity index (χ0n) is 52.0. The minimum Gasteiger partial charge on any atom is -0.360 e. The van der Waals surface area contributed by atoms with E-state index in [4.69, 9.17) is 0 Å². The molecule has 0 aromatic carbocycles. The van der Waals surface area contributed by atoms with E-state index in [2.05, 4.69) is 234 Å². The minimum atomic E-state index is 0.0132. The summed E-state index contributed by atoms with van der Waals surface area (Å²) in [6.07, 6.45) is 15.5. The van der Waals surface area contributed by atoms with Crippen LogP contribution in [0.1, 0.15) is 175 Å². The van der Waals surface area contributed by atoms with Crippen molar-refractivity contribution in [3.8, 4) is 0 Å². The second-order valence-electron chi connectivity index (χ2n) is 27.3. The monoisotopic (exact) mass is 1130 g/mol. The number of aromatic amines is 3. The number of nitrogens with one attached hydrogen (secondary N) is 3. The van der Waals surface area contributed by atoms with Gasteiger partial charge in [-0.05, 0) is 89.3 Å². The summed E-state index contributed by atoms with van der Waals surface area (Å²) in [5.74, 6) is 2.72. The Bertz CT molecular complexity index is 3560. The first-order valence-corrected chi connectivity index (χ1v) is 29.5. The normalized spacial score (nSPS) is 13.1. The molecule has 0 fully saturated rings. The van der Waals surface area contributed by atoms with Gasteiger partial charge in [0, 0.05) is 105 Å². The van der Waals surface area contributed by atoms with Crippen LogP contribution in [0.4, 0.5) is 0 Å². The van der Waals surface area contributed by atoms with Gasteiger partial charge in [0.1, 0.15) is 32.8 Å². The molecule has 16 heteroatoms. The molecular weight excluding hydrogens is 1040 g/mol. The molecular formula is C65H87N14S2+. The Kier molecular flexibility index (Phi) is 18.5. The number of H-pyrrole nitrogens is 3. The highest BCUT2D eigenvalue weighted by Gasteiger charge is 2.23. The van der Waals surface area contributed by atoms with Crippen LogP contribution in [0.2, 0.25) is 0 Å². The molecule has 12 heterocycles. The lowest BCUT2D eigenvalue weighted by Crippen LogP contribution is -2.28. The molecule has 0 saturated heterocycles. The number of aromatic nitrogens is 13. The molecule has 12 rings (SSSR count). The summed E-state index contributed by atoms with van der Waals surface area (Å²) in [5.41, 5.74) is 11.0. The highest BCUT2D eigenvalue weighted by atomic mass is 32.1. The van der Waals surface area contributed by atoms with Crippen molar-refractivity contribution in [1.29, 1.82) is 0 Å². The van der Waals surface area contributed by atoms with Crippen molar-refractivity contribution in [3.63, 3.8) is 0 Å². The third kappa shape index (κ3) is 16.6. The molecule has 1 aliphatic heterocycles. The summed E-state index contributed by atoms with van der Waals surface area (Å²) in [6, 6.07) is 16.8. The summed E-state index contributed by atoms with van der Waals surface area (Å²) in [7, 11) is 4.11.